The number of hydrogen-bond donors (Lipinski definition) is 1. The molecule has 102 valence electrons. The molecule has 0 aliphatic rings. The molecule has 0 bridgehead atoms. The fourth-order valence-corrected chi connectivity index (χ4v) is 2.51. The molecule has 0 saturated heterocycles. The number of aromatic amines is 1. The van der Waals surface area contributed by atoms with Crippen molar-refractivity contribution < 1.29 is 4.39 Å². The Morgan fingerprint density at radius 3 is 2.70 bits per heavy atom. The third kappa shape index (κ3) is 2.29. The Hall–Kier alpha value is -1.87. The summed E-state index contributed by atoms with van der Waals surface area (Å²) in [4.78, 5) is 7.25. The highest BCUT2D eigenvalue weighted by atomic mass is 35.5. The zero-order chi connectivity index (χ0) is 14.3. The van der Waals surface area contributed by atoms with Crippen molar-refractivity contribution in [1.82, 2.24) is 9.97 Å². The van der Waals surface area contributed by atoms with Gasteiger partial charge in [-0.3, -0.25) is 0 Å². The van der Waals surface area contributed by atoms with Crippen molar-refractivity contribution in [1.29, 1.82) is 0 Å². The lowest BCUT2D eigenvalue weighted by Gasteiger charge is -2.04. The highest BCUT2D eigenvalue weighted by Crippen LogP contribution is 2.32. The number of rotatable bonds is 2. The SMILES string of the molecule is CC(C)c1cc2cc(Cl)c(-c3cccc(F)n3)cc2[nH]1. The Morgan fingerprint density at radius 1 is 1.20 bits per heavy atom. The fraction of sp³-hybridized carbons (Fsp3) is 0.188. The number of nitrogens with zero attached hydrogens (tertiary/aromatic N) is 1. The second kappa shape index (κ2) is 4.91. The molecule has 3 rings (SSSR count). The number of hydrogen-bond acceptors (Lipinski definition) is 1. The van der Waals surface area contributed by atoms with E-state index in [2.05, 4.69) is 29.9 Å². The second-order valence-corrected chi connectivity index (χ2v) is 5.55. The van der Waals surface area contributed by atoms with Gasteiger partial charge in [0.05, 0.1) is 10.7 Å². The van der Waals surface area contributed by atoms with Crippen LogP contribution in [0.3, 0.4) is 0 Å². The molecule has 2 nitrogen and oxygen atoms in total. The maximum atomic E-state index is 13.2. The molecule has 0 spiro atoms. The molecule has 1 aromatic carbocycles. The normalized spacial score (nSPS) is 11.4. The average molecular weight is 289 g/mol. The van der Waals surface area contributed by atoms with Gasteiger partial charge in [0.15, 0.2) is 0 Å². The van der Waals surface area contributed by atoms with Crippen LogP contribution in [-0.2, 0) is 0 Å². The van der Waals surface area contributed by atoms with Gasteiger partial charge in [0.1, 0.15) is 0 Å². The van der Waals surface area contributed by atoms with Crippen molar-refractivity contribution in [2.75, 3.05) is 0 Å². The Labute approximate surface area is 121 Å². The molecule has 2 heterocycles. The summed E-state index contributed by atoms with van der Waals surface area (Å²) in [5.41, 5.74) is 3.41. The van der Waals surface area contributed by atoms with Crippen molar-refractivity contribution in [2.45, 2.75) is 19.8 Å². The van der Waals surface area contributed by atoms with Gasteiger partial charge in [-0.25, -0.2) is 4.98 Å². The minimum Gasteiger partial charge on any atom is -0.358 e. The maximum absolute atomic E-state index is 13.2. The highest BCUT2D eigenvalue weighted by Gasteiger charge is 2.11. The second-order valence-electron chi connectivity index (χ2n) is 5.14. The summed E-state index contributed by atoms with van der Waals surface area (Å²) < 4.78 is 13.2. The quantitative estimate of drug-likeness (QED) is 0.649. The first kappa shape index (κ1) is 13.1. The van der Waals surface area contributed by atoms with Crippen LogP contribution in [0.5, 0.6) is 0 Å². The number of fused-ring (bicyclic) bond motifs is 1. The predicted octanol–water partition coefficient (Wildman–Crippen LogP) is 5.15. The molecule has 0 atom stereocenters. The Balaban J connectivity index is 2.19. The fourth-order valence-electron chi connectivity index (χ4n) is 2.24. The van der Waals surface area contributed by atoms with E-state index in [1.165, 1.54) is 6.07 Å². The van der Waals surface area contributed by atoms with Gasteiger partial charge < -0.3 is 4.98 Å². The minimum atomic E-state index is -0.506. The van der Waals surface area contributed by atoms with Crippen LogP contribution in [0.25, 0.3) is 22.2 Å². The summed E-state index contributed by atoms with van der Waals surface area (Å²) in [6, 6.07) is 10.6. The van der Waals surface area contributed by atoms with E-state index in [4.69, 9.17) is 11.6 Å². The van der Waals surface area contributed by atoms with Crippen LogP contribution in [0.1, 0.15) is 25.5 Å². The van der Waals surface area contributed by atoms with Crippen LogP contribution in [0, 0.1) is 5.95 Å². The summed E-state index contributed by atoms with van der Waals surface area (Å²) in [7, 11) is 0. The largest absolute Gasteiger partial charge is 0.358 e. The zero-order valence-electron chi connectivity index (χ0n) is 11.2. The lowest BCUT2D eigenvalue weighted by atomic mass is 10.1. The number of H-pyrrole nitrogens is 1. The first-order valence-corrected chi connectivity index (χ1v) is 6.87. The molecule has 4 heteroatoms. The highest BCUT2D eigenvalue weighted by molar-refractivity contribution is 6.34. The van der Waals surface area contributed by atoms with E-state index in [1.807, 2.05) is 12.1 Å². The first-order valence-electron chi connectivity index (χ1n) is 6.49. The van der Waals surface area contributed by atoms with E-state index >= 15 is 0 Å². The van der Waals surface area contributed by atoms with Gasteiger partial charge >= 0.3 is 0 Å². The molecule has 0 saturated carbocycles. The molecule has 3 aromatic rings. The average Bonchev–Trinajstić information content (AvgIpc) is 2.80. The molecule has 0 aliphatic heterocycles. The lowest BCUT2D eigenvalue weighted by molar-refractivity contribution is 0.585. The molecule has 0 fully saturated rings. The third-order valence-electron chi connectivity index (χ3n) is 3.34. The van der Waals surface area contributed by atoms with Crippen molar-refractivity contribution >= 4 is 22.5 Å². The Morgan fingerprint density at radius 2 is 2.00 bits per heavy atom. The van der Waals surface area contributed by atoms with Crippen LogP contribution in [0.15, 0.2) is 36.4 Å². The van der Waals surface area contributed by atoms with Gasteiger partial charge in [-0.15, -0.1) is 0 Å². The Bertz CT molecular complexity index is 777. The summed E-state index contributed by atoms with van der Waals surface area (Å²) in [5.74, 6) is -0.0926. The van der Waals surface area contributed by atoms with Crippen LogP contribution < -0.4 is 0 Å². The molecular formula is C16H14ClFN2. The Kier molecular flexibility index (Phi) is 3.22. The van der Waals surface area contributed by atoms with Crippen molar-refractivity contribution in [3.05, 3.63) is 53.1 Å². The van der Waals surface area contributed by atoms with E-state index in [1.54, 1.807) is 12.1 Å². The smallest absolute Gasteiger partial charge is 0.213 e. The van der Waals surface area contributed by atoms with Crippen LogP contribution in [0.2, 0.25) is 5.02 Å². The molecule has 2 aromatic heterocycles. The zero-order valence-corrected chi connectivity index (χ0v) is 12.0. The van der Waals surface area contributed by atoms with Crippen LogP contribution in [0.4, 0.5) is 4.39 Å². The van der Waals surface area contributed by atoms with E-state index < -0.39 is 5.95 Å². The molecule has 1 N–H and O–H groups in total. The number of nitrogens with one attached hydrogen (secondary N) is 1. The van der Waals surface area contributed by atoms with Crippen LogP contribution in [-0.4, -0.2) is 9.97 Å². The monoisotopic (exact) mass is 288 g/mol. The van der Waals surface area contributed by atoms with Crippen molar-refractivity contribution in [2.24, 2.45) is 0 Å². The van der Waals surface area contributed by atoms with Gasteiger partial charge in [-0.2, -0.15) is 4.39 Å². The van der Waals surface area contributed by atoms with Gasteiger partial charge in [0.25, 0.3) is 0 Å². The van der Waals surface area contributed by atoms with E-state index in [0.29, 0.717) is 16.6 Å². The molecule has 20 heavy (non-hydrogen) atoms. The third-order valence-corrected chi connectivity index (χ3v) is 3.65. The summed E-state index contributed by atoms with van der Waals surface area (Å²) in [5, 5.41) is 1.63. The molecular weight excluding hydrogens is 275 g/mol. The molecule has 0 amide bonds. The van der Waals surface area contributed by atoms with E-state index in [0.717, 1.165) is 22.2 Å². The summed E-state index contributed by atoms with van der Waals surface area (Å²) in [6.45, 7) is 4.25. The molecule has 0 unspecified atom stereocenters. The number of halogens is 2. The summed E-state index contributed by atoms with van der Waals surface area (Å²) in [6.07, 6.45) is 0. The number of pyridine rings is 1. The van der Waals surface area contributed by atoms with Crippen molar-refractivity contribution in [3.8, 4) is 11.3 Å². The number of aromatic nitrogens is 2. The van der Waals surface area contributed by atoms with E-state index in [9.17, 15) is 4.39 Å². The van der Waals surface area contributed by atoms with Gasteiger partial charge in [-0.05, 0) is 36.2 Å². The first-order chi connectivity index (χ1) is 9.54. The van der Waals surface area contributed by atoms with Crippen molar-refractivity contribution in [3.63, 3.8) is 0 Å². The van der Waals surface area contributed by atoms with E-state index in [-0.39, 0.29) is 0 Å². The predicted molar refractivity (Wildman–Crippen MR) is 80.6 cm³/mol. The lowest BCUT2D eigenvalue weighted by Crippen LogP contribution is -1.88. The maximum Gasteiger partial charge on any atom is 0.213 e. The summed E-state index contributed by atoms with van der Waals surface area (Å²) >= 11 is 6.30. The van der Waals surface area contributed by atoms with Crippen LogP contribution >= 0.6 is 11.6 Å². The standard InChI is InChI=1S/C16H14ClFN2/c1-9(2)14-7-10-6-12(17)11(8-15(10)19-14)13-4-3-5-16(18)20-13/h3-9,19H,1-2H3. The molecule has 0 radical (unpaired) electrons. The number of benzene rings is 1. The van der Waals surface area contributed by atoms with Gasteiger partial charge in [-0.1, -0.05) is 31.5 Å². The van der Waals surface area contributed by atoms with Gasteiger partial charge in [0.2, 0.25) is 5.95 Å². The minimum absolute atomic E-state index is 0.414. The topological polar surface area (TPSA) is 28.7 Å². The van der Waals surface area contributed by atoms with Gasteiger partial charge in [0, 0.05) is 22.2 Å². The molecule has 0 aliphatic carbocycles.